The molecule has 1 aromatic heterocycles. The maximum Gasteiger partial charge on any atom is 0.129 e. The Morgan fingerprint density at radius 2 is 2.25 bits per heavy atom. The standard InChI is InChI=1S/C12H18N4/c1-2-10(1)11-5-12(16-8-15-11)14-7-9-3-4-13-6-9/h5,8-10,13H,1-4,6-7H2,(H,14,15,16). The quantitative estimate of drug-likeness (QED) is 0.801. The summed E-state index contributed by atoms with van der Waals surface area (Å²) >= 11 is 0. The zero-order valence-corrected chi connectivity index (χ0v) is 9.45. The minimum Gasteiger partial charge on any atom is -0.370 e. The lowest BCUT2D eigenvalue weighted by atomic mass is 10.1. The van der Waals surface area contributed by atoms with Crippen LogP contribution in [-0.4, -0.2) is 29.6 Å². The van der Waals surface area contributed by atoms with E-state index in [1.807, 2.05) is 0 Å². The van der Waals surface area contributed by atoms with Crippen molar-refractivity contribution in [3.8, 4) is 0 Å². The Labute approximate surface area is 95.9 Å². The van der Waals surface area contributed by atoms with E-state index >= 15 is 0 Å². The zero-order chi connectivity index (χ0) is 10.8. The number of nitrogens with zero attached hydrogens (tertiary/aromatic N) is 2. The smallest absolute Gasteiger partial charge is 0.129 e. The molecule has 4 heteroatoms. The second-order valence-corrected chi connectivity index (χ2v) is 4.84. The van der Waals surface area contributed by atoms with Crippen molar-refractivity contribution < 1.29 is 0 Å². The molecule has 0 aromatic carbocycles. The molecule has 1 saturated carbocycles. The van der Waals surface area contributed by atoms with Gasteiger partial charge in [0.15, 0.2) is 0 Å². The lowest BCUT2D eigenvalue weighted by Gasteiger charge is -2.10. The monoisotopic (exact) mass is 218 g/mol. The summed E-state index contributed by atoms with van der Waals surface area (Å²) in [6, 6.07) is 2.11. The van der Waals surface area contributed by atoms with Gasteiger partial charge in [-0.05, 0) is 38.3 Å². The molecule has 1 aliphatic heterocycles. The summed E-state index contributed by atoms with van der Waals surface area (Å²) in [6.45, 7) is 3.31. The largest absolute Gasteiger partial charge is 0.370 e. The molecule has 0 bridgehead atoms. The van der Waals surface area contributed by atoms with E-state index in [-0.39, 0.29) is 0 Å². The van der Waals surface area contributed by atoms with Crippen molar-refractivity contribution in [3.05, 3.63) is 18.1 Å². The van der Waals surface area contributed by atoms with Crippen molar-refractivity contribution in [2.24, 2.45) is 5.92 Å². The maximum absolute atomic E-state index is 4.32. The summed E-state index contributed by atoms with van der Waals surface area (Å²) in [7, 11) is 0. The zero-order valence-electron chi connectivity index (χ0n) is 9.45. The highest BCUT2D eigenvalue weighted by Gasteiger charge is 2.25. The fourth-order valence-electron chi connectivity index (χ4n) is 2.21. The van der Waals surface area contributed by atoms with Crippen molar-refractivity contribution in [1.82, 2.24) is 15.3 Å². The van der Waals surface area contributed by atoms with Crippen LogP contribution in [0.5, 0.6) is 0 Å². The minimum atomic E-state index is 0.705. The Bertz CT molecular complexity index is 356. The van der Waals surface area contributed by atoms with Gasteiger partial charge >= 0.3 is 0 Å². The predicted octanol–water partition coefficient (Wildman–Crippen LogP) is 1.38. The summed E-state index contributed by atoms with van der Waals surface area (Å²) in [4.78, 5) is 8.59. The van der Waals surface area contributed by atoms with Crippen molar-refractivity contribution in [2.75, 3.05) is 25.0 Å². The van der Waals surface area contributed by atoms with Gasteiger partial charge in [0.25, 0.3) is 0 Å². The molecule has 1 aromatic rings. The number of aromatic nitrogens is 2. The topological polar surface area (TPSA) is 49.8 Å². The van der Waals surface area contributed by atoms with E-state index in [9.17, 15) is 0 Å². The van der Waals surface area contributed by atoms with Gasteiger partial charge in [0.2, 0.25) is 0 Å². The lowest BCUT2D eigenvalue weighted by Crippen LogP contribution is -2.17. The first-order valence-corrected chi connectivity index (χ1v) is 6.18. The highest BCUT2D eigenvalue weighted by molar-refractivity contribution is 5.36. The summed E-state index contributed by atoms with van der Waals surface area (Å²) in [5, 5.41) is 6.79. The van der Waals surface area contributed by atoms with E-state index in [1.54, 1.807) is 6.33 Å². The highest BCUT2D eigenvalue weighted by Crippen LogP contribution is 2.39. The number of anilines is 1. The van der Waals surface area contributed by atoms with E-state index in [0.717, 1.165) is 31.4 Å². The van der Waals surface area contributed by atoms with Gasteiger partial charge in [-0.25, -0.2) is 9.97 Å². The number of hydrogen-bond donors (Lipinski definition) is 2. The van der Waals surface area contributed by atoms with Gasteiger partial charge in [-0.1, -0.05) is 0 Å². The minimum absolute atomic E-state index is 0.705. The van der Waals surface area contributed by atoms with E-state index in [4.69, 9.17) is 0 Å². The molecule has 0 amide bonds. The first kappa shape index (κ1) is 10.0. The van der Waals surface area contributed by atoms with Crippen LogP contribution in [0.15, 0.2) is 12.4 Å². The average molecular weight is 218 g/mol. The van der Waals surface area contributed by atoms with Crippen LogP contribution in [0.2, 0.25) is 0 Å². The third kappa shape index (κ3) is 2.32. The Balaban J connectivity index is 1.58. The van der Waals surface area contributed by atoms with E-state index in [1.165, 1.54) is 25.0 Å². The van der Waals surface area contributed by atoms with Gasteiger partial charge in [0.05, 0.1) is 0 Å². The molecule has 3 rings (SSSR count). The molecule has 2 fully saturated rings. The van der Waals surface area contributed by atoms with Gasteiger partial charge in [-0.3, -0.25) is 0 Å². The van der Waals surface area contributed by atoms with Crippen molar-refractivity contribution in [2.45, 2.75) is 25.2 Å². The van der Waals surface area contributed by atoms with Crippen LogP contribution < -0.4 is 10.6 Å². The van der Waals surface area contributed by atoms with Crippen LogP contribution in [0.1, 0.15) is 30.9 Å². The molecule has 16 heavy (non-hydrogen) atoms. The van der Waals surface area contributed by atoms with Crippen LogP contribution in [0.25, 0.3) is 0 Å². The van der Waals surface area contributed by atoms with Gasteiger partial charge in [-0.2, -0.15) is 0 Å². The lowest BCUT2D eigenvalue weighted by molar-refractivity contribution is 0.614. The molecule has 0 radical (unpaired) electrons. The number of rotatable bonds is 4. The third-order valence-corrected chi connectivity index (χ3v) is 3.42. The van der Waals surface area contributed by atoms with Crippen molar-refractivity contribution in [3.63, 3.8) is 0 Å². The normalized spacial score (nSPS) is 24.6. The fourth-order valence-corrected chi connectivity index (χ4v) is 2.21. The first-order chi connectivity index (χ1) is 7.92. The molecule has 1 aliphatic carbocycles. The van der Waals surface area contributed by atoms with Crippen LogP contribution in [0.3, 0.4) is 0 Å². The van der Waals surface area contributed by atoms with Crippen LogP contribution in [-0.2, 0) is 0 Å². The molecule has 2 heterocycles. The number of nitrogens with one attached hydrogen (secondary N) is 2. The molecule has 1 unspecified atom stereocenters. The molecule has 2 aliphatic rings. The molecule has 0 spiro atoms. The average Bonchev–Trinajstić information content (AvgIpc) is 3.05. The van der Waals surface area contributed by atoms with Gasteiger partial charge in [0, 0.05) is 24.2 Å². The van der Waals surface area contributed by atoms with Crippen LogP contribution >= 0.6 is 0 Å². The van der Waals surface area contributed by atoms with Gasteiger partial charge in [0.1, 0.15) is 12.1 Å². The van der Waals surface area contributed by atoms with Gasteiger partial charge in [-0.15, -0.1) is 0 Å². The fraction of sp³-hybridized carbons (Fsp3) is 0.667. The van der Waals surface area contributed by atoms with E-state index in [0.29, 0.717) is 5.92 Å². The van der Waals surface area contributed by atoms with Crippen molar-refractivity contribution in [1.29, 1.82) is 0 Å². The van der Waals surface area contributed by atoms with Crippen LogP contribution in [0.4, 0.5) is 5.82 Å². The third-order valence-electron chi connectivity index (χ3n) is 3.42. The second kappa shape index (κ2) is 4.37. The molecule has 2 N–H and O–H groups in total. The van der Waals surface area contributed by atoms with Crippen LogP contribution in [0, 0.1) is 5.92 Å². The van der Waals surface area contributed by atoms with E-state index in [2.05, 4.69) is 26.7 Å². The molecule has 1 saturated heterocycles. The second-order valence-electron chi connectivity index (χ2n) is 4.84. The Morgan fingerprint density at radius 1 is 1.31 bits per heavy atom. The summed E-state index contributed by atoms with van der Waals surface area (Å²) in [5.41, 5.74) is 1.21. The summed E-state index contributed by atoms with van der Waals surface area (Å²) in [5.74, 6) is 2.44. The Morgan fingerprint density at radius 3 is 3.00 bits per heavy atom. The van der Waals surface area contributed by atoms with Gasteiger partial charge < -0.3 is 10.6 Å². The Kier molecular flexibility index (Phi) is 2.74. The highest BCUT2D eigenvalue weighted by atomic mass is 15.0. The first-order valence-electron chi connectivity index (χ1n) is 6.18. The SMILES string of the molecule is c1nc(NCC2CCNC2)cc(C2CC2)n1. The molecular formula is C12H18N4. The summed E-state index contributed by atoms with van der Waals surface area (Å²) in [6.07, 6.45) is 5.54. The maximum atomic E-state index is 4.32. The molecule has 4 nitrogen and oxygen atoms in total. The Hall–Kier alpha value is -1.16. The molecule has 86 valence electrons. The van der Waals surface area contributed by atoms with E-state index < -0.39 is 0 Å². The molecule has 1 atom stereocenters. The number of hydrogen-bond acceptors (Lipinski definition) is 4. The summed E-state index contributed by atoms with van der Waals surface area (Å²) < 4.78 is 0. The molecular weight excluding hydrogens is 200 g/mol. The van der Waals surface area contributed by atoms with Crippen molar-refractivity contribution >= 4 is 5.82 Å². The predicted molar refractivity (Wildman–Crippen MR) is 63.5 cm³/mol.